The summed E-state index contributed by atoms with van der Waals surface area (Å²) in [5.74, 6) is 2.06. The van der Waals surface area contributed by atoms with E-state index in [-0.39, 0.29) is 6.04 Å². The van der Waals surface area contributed by atoms with Gasteiger partial charge < -0.3 is 19.6 Å². The number of rotatable bonds is 3. The van der Waals surface area contributed by atoms with Gasteiger partial charge in [-0.05, 0) is 31.5 Å². The summed E-state index contributed by atoms with van der Waals surface area (Å²) >= 11 is 0. The van der Waals surface area contributed by atoms with E-state index in [9.17, 15) is 0 Å². The largest absolute Gasteiger partial charge is 0.497 e. The minimum atomic E-state index is -0.0964. The van der Waals surface area contributed by atoms with Crippen molar-refractivity contribution in [3.05, 3.63) is 29.5 Å². The maximum absolute atomic E-state index is 6.33. The second kappa shape index (κ2) is 4.87. The number of hydrogen-bond donors (Lipinski definition) is 1. The van der Waals surface area contributed by atoms with Gasteiger partial charge in [-0.25, -0.2) is 0 Å². The fourth-order valence-corrected chi connectivity index (χ4v) is 2.71. The first kappa shape index (κ1) is 12.5. The molecule has 1 aliphatic rings. The van der Waals surface area contributed by atoms with Crippen LogP contribution in [-0.2, 0) is 4.74 Å². The summed E-state index contributed by atoms with van der Waals surface area (Å²) in [6.07, 6.45) is 1.00. The molecule has 1 aromatic heterocycles. The van der Waals surface area contributed by atoms with Gasteiger partial charge in [0.25, 0.3) is 0 Å². The van der Waals surface area contributed by atoms with E-state index in [1.54, 1.807) is 7.11 Å². The van der Waals surface area contributed by atoms with Crippen LogP contribution in [0.3, 0.4) is 0 Å². The maximum Gasteiger partial charge on any atom is 0.134 e. The molecule has 4 nitrogen and oxygen atoms in total. The number of nitrogens with two attached hydrogens (primary N) is 1. The van der Waals surface area contributed by atoms with Crippen LogP contribution in [-0.4, -0.2) is 20.3 Å². The first-order chi connectivity index (χ1) is 9.20. The molecule has 0 saturated carbocycles. The lowest BCUT2D eigenvalue weighted by Crippen LogP contribution is -2.21. The predicted octanol–water partition coefficient (Wildman–Crippen LogP) is 2.79. The Morgan fingerprint density at radius 1 is 1.42 bits per heavy atom. The summed E-state index contributed by atoms with van der Waals surface area (Å²) in [7, 11) is 1.67. The molecule has 1 aromatic carbocycles. The smallest absolute Gasteiger partial charge is 0.134 e. The van der Waals surface area contributed by atoms with Crippen LogP contribution >= 0.6 is 0 Å². The summed E-state index contributed by atoms with van der Waals surface area (Å²) in [6.45, 7) is 3.57. The molecule has 2 unspecified atom stereocenters. The quantitative estimate of drug-likeness (QED) is 0.923. The number of fused-ring (bicyclic) bond motifs is 1. The third kappa shape index (κ3) is 2.11. The van der Waals surface area contributed by atoms with Crippen molar-refractivity contribution in [2.75, 3.05) is 20.3 Å². The van der Waals surface area contributed by atoms with E-state index in [4.69, 9.17) is 19.6 Å². The highest BCUT2D eigenvalue weighted by Gasteiger charge is 2.28. The number of aryl methyl sites for hydroxylation is 1. The third-order valence-corrected chi connectivity index (χ3v) is 3.96. The molecule has 1 aliphatic heterocycles. The van der Waals surface area contributed by atoms with Gasteiger partial charge in [-0.3, -0.25) is 0 Å². The molecule has 0 radical (unpaired) electrons. The molecule has 19 heavy (non-hydrogen) atoms. The lowest BCUT2D eigenvalue weighted by molar-refractivity contribution is 0.178. The number of methoxy groups -OCH3 is 1. The van der Waals surface area contributed by atoms with E-state index >= 15 is 0 Å². The van der Waals surface area contributed by atoms with Crippen LogP contribution in [0.1, 0.15) is 23.8 Å². The van der Waals surface area contributed by atoms with Gasteiger partial charge in [-0.2, -0.15) is 0 Å². The summed E-state index contributed by atoms with van der Waals surface area (Å²) in [6, 6.07) is 5.73. The molecule has 0 amide bonds. The van der Waals surface area contributed by atoms with Crippen molar-refractivity contribution in [3.8, 4) is 5.75 Å². The molecule has 4 heteroatoms. The third-order valence-electron chi connectivity index (χ3n) is 3.96. The summed E-state index contributed by atoms with van der Waals surface area (Å²) in [4.78, 5) is 0. The molecular formula is C15H19NO3. The summed E-state index contributed by atoms with van der Waals surface area (Å²) in [5, 5.41) is 1.07. The number of ether oxygens (including phenoxy) is 2. The van der Waals surface area contributed by atoms with Gasteiger partial charge in [0.1, 0.15) is 17.1 Å². The Kier molecular flexibility index (Phi) is 3.21. The minimum Gasteiger partial charge on any atom is -0.497 e. The lowest BCUT2D eigenvalue weighted by Gasteiger charge is -2.15. The Hall–Kier alpha value is -1.52. The average molecular weight is 261 g/mol. The second-order valence-corrected chi connectivity index (χ2v) is 5.10. The zero-order valence-corrected chi connectivity index (χ0v) is 11.3. The molecule has 2 aromatic rings. The Morgan fingerprint density at radius 3 is 2.95 bits per heavy atom. The van der Waals surface area contributed by atoms with Crippen molar-refractivity contribution in [2.24, 2.45) is 11.7 Å². The monoisotopic (exact) mass is 261 g/mol. The average Bonchev–Trinajstić information content (AvgIpc) is 3.06. The Labute approximate surface area is 112 Å². The molecule has 0 spiro atoms. The van der Waals surface area contributed by atoms with Gasteiger partial charge in [0.2, 0.25) is 0 Å². The Bertz CT molecular complexity index is 584. The van der Waals surface area contributed by atoms with E-state index < -0.39 is 0 Å². The first-order valence-corrected chi connectivity index (χ1v) is 6.61. The fourth-order valence-electron chi connectivity index (χ4n) is 2.71. The van der Waals surface area contributed by atoms with Crippen molar-refractivity contribution < 1.29 is 13.9 Å². The molecule has 0 bridgehead atoms. The fraction of sp³-hybridized carbons (Fsp3) is 0.467. The van der Waals surface area contributed by atoms with Crippen molar-refractivity contribution in [1.29, 1.82) is 0 Å². The van der Waals surface area contributed by atoms with Crippen LogP contribution in [0, 0.1) is 12.8 Å². The van der Waals surface area contributed by atoms with Crippen LogP contribution in [0.4, 0.5) is 0 Å². The molecule has 2 N–H and O–H groups in total. The van der Waals surface area contributed by atoms with E-state index in [1.807, 2.05) is 18.2 Å². The zero-order chi connectivity index (χ0) is 13.4. The molecule has 102 valence electrons. The van der Waals surface area contributed by atoms with Crippen LogP contribution in [0.2, 0.25) is 0 Å². The zero-order valence-electron chi connectivity index (χ0n) is 11.3. The second-order valence-electron chi connectivity index (χ2n) is 5.10. The van der Waals surface area contributed by atoms with Gasteiger partial charge in [0, 0.05) is 23.5 Å². The number of hydrogen-bond acceptors (Lipinski definition) is 4. The highest BCUT2D eigenvalue weighted by molar-refractivity contribution is 5.83. The van der Waals surface area contributed by atoms with E-state index in [1.165, 1.54) is 0 Å². The summed E-state index contributed by atoms with van der Waals surface area (Å²) in [5.41, 5.74) is 8.30. The van der Waals surface area contributed by atoms with Crippen molar-refractivity contribution in [3.63, 3.8) is 0 Å². The van der Waals surface area contributed by atoms with Crippen molar-refractivity contribution in [2.45, 2.75) is 19.4 Å². The van der Waals surface area contributed by atoms with E-state index in [0.717, 1.165) is 47.7 Å². The molecule has 1 saturated heterocycles. The normalized spacial score (nSPS) is 20.9. The summed E-state index contributed by atoms with van der Waals surface area (Å²) < 4.78 is 16.6. The highest BCUT2D eigenvalue weighted by Crippen LogP contribution is 2.35. The van der Waals surface area contributed by atoms with Gasteiger partial charge >= 0.3 is 0 Å². The highest BCUT2D eigenvalue weighted by atomic mass is 16.5. The van der Waals surface area contributed by atoms with E-state index in [2.05, 4.69) is 6.92 Å². The lowest BCUT2D eigenvalue weighted by atomic mass is 9.95. The standard InChI is InChI=1S/C15H19NO3/c1-9-12-7-11(17-2)3-4-13(12)19-15(9)14(16)10-5-6-18-8-10/h3-4,7,10,14H,5-6,8,16H2,1-2H3. The van der Waals surface area contributed by atoms with Gasteiger partial charge in [-0.15, -0.1) is 0 Å². The molecule has 3 rings (SSSR count). The Balaban J connectivity index is 2.01. The van der Waals surface area contributed by atoms with Gasteiger partial charge in [-0.1, -0.05) is 0 Å². The number of benzene rings is 1. The van der Waals surface area contributed by atoms with Crippen molar-refractivity contribution >= 4 is 11.0 Å². The van der Waals surface area contributed by atoms with Crippen LogP contribution in [0.25, 0.3) is 11.0 Å². The van der Waals surface area contributed by atoms with Crippen molar-refractivity contribution in [1.82, 2.24) is 0 Å². The SMILES string of the molecule is COc1ccc2oc(C(N)C3CCOC3)c(C)c2c1. The van der Waals surface area contributed by atoms with Crippen LogP contribution < -0.4 is 10.5 Å². The first-order valence-electron chi connectivity index (χ1n) is 6.61. The predicted molar refractivity (Wildman–Crippen MR) is 73.4 cm³/mol. The van der Waals surface area contributed by atoms with E-state index in [0.29, 0.717) is 5.92 Å². The topological polar surface area (TPSA) is 57.6 Å². The maximum atomic E-state index is 6.33. The molecule has 2 atom stereocenters. The van der Waals surface area contributed by atoms with Gasteiger partial charge in [0.15, 0.2) is 0 Å². The molecule has 0 aliphatic carbocycles. The molecule has 1 fully saturated rings. The molecule has 2 heterocycles. The van der Waals surface area contributed by atoms with Gasteiger partial charge in [0.05, 0.1) is 19.8 Å². The molecular weight excluding hydrogens is 242 g/mol. The van der Waals surface area contributed by atoms with Crippen LogP contribution in [0.15, 0.2) is 22.6 Å². The Morgan fingerprint density at radius 2 is 2.26 bits per heavy atom. The number of furan rings is 1. The minimum absolute atomic E-state index is 0.0964. The van der Waals surface area contributed by atoms with Crippen LogP contribution in [0.5, 0.6) is 5.75 Å².